The van der Waals surface area contributed by atoms with E-state index in [0.717, 1.165) is 39.2 Å². The minimum absolute atomic E-state index is 0.334. The molecule has 0 bridgehead atoms. The Morgan fingerprint density at radius 2 is 1.18 bits per heavy atom. The Kier molecular flexibility index (Phi) is 5.21. The van der Waals surface area contributed by atoms with Crippen LogP contribution in [0.15, 0.2) is 134 Å². The number of para-hydroxylation sites is 1. The SMILES string of the molecule is CC1(C)c2ncccc2-c2c1c1c(c3ccccc23)c2ccccc2n1-c1nc(-c2ccccc2)cc(-c2ccccc2)n1. The normalized spacial score (nSPS) is 13.4. The summed E-state index contributed by atoms with van der Waals surface area (Å²) in [7, 11) is 0. The van der Waals surface area contributed by atoms with E-state index in [9.17, 15) is 0 Å². The van der Waals surface area contributed by atoms with Crippen molar-refractivity contribution in [3.05, 3.63) is 145 Å². The highest BCUT2D eigenvalue weighted by Crippen LogP contribution is 2.55. The Morgan fingerprint density at radius 1 is 0.591 bits per heavy atom. The van der Waals surface area contributed by atoms with Crippen LogP contribution in [0.5, 0.6) is 0 Å². The molecule has 5 aromatic carbocycles. The van der Waals surface area contributed by atoms with Crippen molar-refractivity contribution in [1.29, 1.82) is 0 Å². The quantitative estimate of drug-likeness (QED) is 0.215. The van der Waals surface area contributed by atoms with Gasteiger partial charge in [0.1, 0.15) is 0 Å². The van der Waals surface area contributed by atoms with E-state index < -0.39 is 0 Å². The molecular weight excluding hydrogens is 536 g/mol. The van der Waals surface area contributed by atoms with Gasteiger partial charge in [0.15, 0.2) is 0 Å². The molecule has 4 nitrogen and oxygen atoms in total. The molecule has 0 saturated heterocycles. The maximum absolute atomic E-state index is 5.31. The molecule has 0 radical (unpaired) electrons. The van der Waals surface area contributed by atoms with Crippen LogP contribution in [-0.4, -0.2) is 19.5 Å². The molecule has 0 spiro atoms. The molecule has 0 fully saturated rings. The number of rotatable bonds is 3. The molecule has 0 amide bonds. The molecule has 1 aliphatic rings. The topological polar surface area (TPSA) is 43.6 Å². The second kappa shape index (κ2) is 9.19. The molecule has 0 aliphatic heterocycles. The van der Waals surface area contributed by atoms with Gasteiger partial charge in [0.05, 0.1) is 28.1 Å². The summed E-state index contributed by atoms with van der Waals surface area (Å²) in [6.07, 6.45) is 1.92. The minimum atomic E-state index is -0.334. The van der Waals surface area contributed by atoms with Crippen LogP contribution in [0, 0.1) is 0 Å². The highest BCUT2D eigenvalue weighted by molar-refractivity contribution is 6.26. The van der Waals surface area contributed by atoms with E-state index in [1.54, 1.807) is 0 Å². The first kappa shape index (κ1) is 24.9. The van der Waals surface area contributed by atoms with Gasteiger partial charge in [0.25, 0.3) is 0 Å². The second-order valence-corrected chi connectivity index (χ2v) is 12.1. The molecule has 9 rings (SSSR count). The third kappa shape index (κ3) is 3.42. The average molecular weight is 565 g/mol. The van der Waals surface area contributed by atoms with Crippen molar-refractivity contribution in [1.82, 2.24) is 19.5 Å². The number of nitrogens with zero attached hydrogens (tertiary/aromatic N) is 4. The molecule has 1 aliphatic carbocycles. The zero-order chi connectivity index (χ0) is 29.4. The molecule has 0 saturated carbocycles. The molecule has 0 atom stereocenters. The van der Waals surface area contributed by atoms with Crippen molar-refractivity contribution in [2.75, 3.05) is 0 Å². The Labute approximate surface area is 255 Å². The van der Waals surface area contributed by atoms with Crippen molar-refractivity contribution in [2.45, 2.75) is 19.3 Å². The zero-order valence-electron chi connectivity index (χ0n) is 24.5. The van der Waals surface area contributed by atoms with Gasteiger partial charge in [0, 0.05) is 39.1 Å². The maximum Gasteiger partial charge on any atom is 0.235 e. The molecule has 208 valence electrons. The van der Waals surface area contributed by atoms with Crippen LogP contribution in [0.2, 0.25) is 0 Å². The maximum atomic E-state index is 5.31. The summed E-state index contributed by atoms with van der Waals surface area (Å²) in [6.45, 7) is 4.61. The summed E-state index contributed by atoms with van der Waals surface area (Å²) < 4.78 is 2.31. The summed E-state index contributed by atoms with van der Waals surface area (Å²) in [5, 5.41) is 4.90. The van der Waals surface area contributed by atoms with E-state index in [0.29, 0.717) is 5.95 Å². The number of fused-ring (bicyclic) bond motifs is 10. The van der Waals surface area contributed by atoms with E-state index in [4.69, 9.17) is 15.0 Å². The summed E-state index contributed by atoms with van der Waals surface area (Å²) in [5.74, 6) is 0.661. The monoisotopic (exact) mass is 564 g/mol. The van der Waals surface area contributed by atoms with Crippen molar-refractivity contribution >= 4 is 32.6 Å². The first-order valence-corrected chi connectivity index (χ1v) is 15.1. The summed E-state index contributed by atoms with van der Waals surface area (Å²) >= 11 is 0. The largest absolute Gasteiger partial charge is 0.278 e. The predicted molar refractivity (Wildman–Crippen MR) is 180 cm³/mol. The first-order chi connectivity index (χ1) is 21.6. The van der Waals surface area contributed by atoms with Gasteiger partial charge in [-0.3, -0.25) is 9.55 Å². The fourth-order valence-corrected chi connectivity index (χ4v) is 7.29. The minimum Gasteiger partial charge on any atom is -0.278 e. The lowest BCUT2D eigenvalue weighted by atomic mass is 9.82. The molecule has 3 heterocycles. The van der Waals surface area contributed by atoms with Crippen LogP contribution >= 0.6 is 0 Å². The van der Waals surface area contributed by atoms with Crippen LogP contribution < -0.4 is 0 Å². The molecule has 8 aromatic rings. The molecule has 0 N–H and O–H groups in total. The Morgan fingerprint density at radius 3 is 1.86 bits per heavy atom. The molecule has 4 heteroatoms. The molecule has 0 unspecified atom stereocenters. The van der Waals surface area contributed by atoms with E-state index in [2.05, 4.69) is 134 Å². The van der Waals surface area contributed by atoms with Gasteiger partial charge in [-0.2, -0.15) is 0 Å². The smallest absolute Gasteiger partial charge is 0.235 e. The lowest BCUT2D eigenvalue weighted by Gasteiger charge is -2.23. The molecule has 44 heavy (non-hydrogen) atoms. The van der Waals surface area contributed by atoms with E-state index in [1.165, 1.54) is 38.2 Å². The second-order valence-electron chi connectivity index (χ2n) is 12.1. The van der Waals surface area contributed by atoms with Gasteiger partial charge >= 0.3 is 0 Å². The summed E-state index contributed by atoms with van der Waals surface area (Å²) in [5.41, 5.74) is 10.6. The Hall–Kier alpha value is -5.61. The fraction of sp³-hybridized carbons (Fsp3) is 0.0750. The van der Waals surface area contributed by atoms with Crippen molar-refractivity contribution in [3.63, 3.8) is 0 Å². The number of hydrogen-bond donors (Lipinski definition) is 0. The Bertz CT molecular complexity index is 2350. The standard InChI is InChI=1S/C40H28N4/c1-40(2)36-34(30-21-13-23-41-38(30)40)27-18-9-10-19-28(27)35-29-20-11-12-22-33(29)44(37(35)36)39-42-31(25-14-5-3-6-15-25)24-32(43-39)26-16-7-4-8-17-26/h3-24H,1-2H3. The lowest BCUT2D eigenvalue weighted by Crippen LogP contribution is -2.18. The van der Waals surface area contributed by atoms with E-state index >= 15 is 0 Å². The van der Waals surface area contributed by atoms with Crippen LogP contribution in [0.4, 0.5) is 0 Å². The van der Waals surface area contributed by atoms with Crippen LogP contribution in [0.1, 0.15) is 25.1 Å². The highest BCUT2D eigenvalue weighted by atomic mass is 15.2. The average Bonchev–Trinajstić information content (AvgIpc) is 3.55. The van der Waals surface area contributed by atoms with E-state index in [1.807, 2.05) is 18.3 Å². The van der Waals surface area contributed by atoms with Gasteiger partial charge in [-0.15, -0.1) is 0 Å². The van der Waals surface area contributed by atoms with Crippen LogP contribution in [0.3, 0.4) is 0 Å². The third-order valence-corrected chi connectivity index (χ3v) is 9.17. The third-order valence-electron chi connectivity index (χ3n) is 9.17. The van der Waals surface area contributed by atoms with Gasteiger partial charge in [-0.1, -0.05) is 123 Å². The number of hydrogen-bond acceptors (Lipinski definition) is 3. The zero-order valence-corrected chi connectivity index (χ0v) is 24.5. The number of pyridine rings is 1. The summed E-state index contributed by atoms with van der Waals surface area (Å²) in [4.78, 5) is 15.6. The van der Waals surface area contributed by atoms with E-state index in [-0.39, 0.29) is 5.41 Å². The lowest BCUT2D eigenvalue weighted by molar-refractivity contribution is 0.640. The van der Waals surface area contributed by atoms with Gasteiger partial charge in [0.2, 0.25) is 5.95 Å². The predicted octanol–water partition coefficient (Wildman–Crippen LogP) is 9.76. The van der Waals surface area contributed by atoms with Crippen molar-refractivity contribution in [3.8, 4) is 39.6 Å². The Balaban J connectivity index is 1.49. The fourth-order valence-electron chi connectivity index (χ4n) is 7.29. The first-order valence-electron chi connectivity index (χ1n) is 15.1. The van der Waals surface area contributed by atoms with Gasteiger partial charge in [-0.25, -0.2) is 9.97 Å². The van der Waals surface area contributed by atoms with Gasteiger partial charge in [-0.05, 0) is 40.1 Å². The van der Waals surface area contributed by atoms with Crippen molar-refractivity contribution in [2.24, 2.45) is 0 Å². The molecule has 3 aromatic heterocycles. The van der Waals surface area contributed by atoms with Gasteiger partial charge < -0.3 is 0 Å². The van der Waals surface area contributed by atoms with Crippen molar-refractivity contribution < 1.29 is 0 Å². The van der Waals surface area contributed by atoms with Crippen LogP contribution in [0.25, 0.3) is 72.2 Å². The number of aromatic nitrogens is 4. The highest BCUT2D eigenvalue weighted by Gasteiger charge is 2.41. The summed E-state index contributed by atoms with van der Waals surface area (Å²) in [6, 6.07) is 44.6. The van der Waals surface area contributed by atoms with Crippen LogP contribution in [-0.2, 0) is 5.41 Å². The molecular formula is C40H28N4. The number of benzene rings is 5.